The van der Waals surface area contributed by atoms with Gasteiger partial charge in [0.25, 0.3) is 0 Å². The van der Waals surface area contributed by atoms with Crippen LogP contribution in [0, 0.1) is 12.3 Å². The maximum Gasteiger partial charge on any atom is 0.242 e. The number of nitrogens with zero attached hydrogens (tertiary/aromatic N) is 1. The van der Waals surface area contributed by atoms with Crippen molar-refractivity contribution in [3.8, 4) is 12.3 Å². The lowest BCUT2D eigenvalue weighted by Gasteiger charge is -2.32. The van der Waals surface area contributed by atoms with Crippen LogP contribution in [0.1, 0.15) is 19.8 Å². The second-order valence-electron chi connectivity index (χ2n) is 3.27. The first-order valence-corrected chi connectivity index (χ1v) is 4.68. The van der Waals surface area contributed by atoms with Crippen molar-refractivity contribution in [3.63, 3.8) is 0 Å². The molecule has 4 nitrogen and oxygen atoms in total. The highest BCUT2D eigenvalue weighted by molar-refractivity contribution is 5.92. The Bertz CT molecular complexity index is 280. The predicted molar refractivity (Wildman–Crippen MR) is 52.3 cm³/mol. The zero-order valence-corrected chi connectivity index (χ0v) is 8.25. The van der Waals surface area contributed by atoms with E-state index in [-0.39, 0.29) is 30.9 Å². The largest absolute Gasteiger partial charge is 0.345 e. The van der Waals surface area contributed by atoms with Gasteiger partial charge in [-0.3, -0.25) is 9.59 Å². The molecule has 1 saturated heterocycles. The normalized spacial score (nSPS) is 18.7. The summed E-state index contributed by atoms with van der Waals surface area (Å²) in [5, 5.41) is 2.50. The molecule has 4 heteroatoms. The Morgan fingerprint density at radius 2 is 2.36 bits per heavy atom. The summed E-state index contributed by atoms with van der Waals surface area (Å²) in [4.78, 5) is 24.1. The first-order chi connectivity index (χ1) is 6.69. The third-order valence-corrected chi connectivity index (χ3v) is 2.34. The Labute approximate surface area is 83.6 Å². The highest BCUT2D eigenvalue weighted by Gasteiger charge is 2.27. The molecule has 1 fully saturated rings. The van der Waals surface area contributed by atoms with Crippen LogP contribution in [0.4, 0.5) is 0 Å². The molecule has 0 bridgehead atoms. The summed E-state index contributed by atoms with van der Waals surface area (Å²) >= 11 is 0. The Kier molecular flexibility index (Phi) is 3.52. The van der Waals surface area contributed by atoms with Gasteiger partial charge in [0, 0.05) is 12.5 Å². The van der Waals surface area contributed by atoms with E-state index in [9.17, 15) is 9.59 Å². The van der Waals surface area contributed by atoms with Gasteiger partial charge in [-0.15, -0.1) is 12.3 Å². The van der Waals surface area contributed by atoms with E-state index in [2.05, 4.69) is 11.2 Å². The van der Waals surface area contributed by atoms with E-state index < -0.39 is 0 Å². The van der Waals surface area contributed by atoms with Crippen LogP contribution in [0.5, 0.6) is 0 Å². The van der Waals surface area contributed by atoms with Crippen molar-refractivity contribution in [1.29, 1.82) is 0 Å². The number of hydrogen-bond acceptors (Lipinski definition) is 2. The lowest BCUT2D eigenvalue weighted by molar-refractivity contribution is -0.142. The minimum absolute atomic E-state index is 0.00134. The molecule has 14 heavy (non-hydrogen) atoms. The summed E-state index contributed by atoms with van der Waals surface area (Å²) < 4.78 is 0. The maximum absolute atomic E-state index is 11.5. The molecule has 1 aliphatic rings. The van der Waals surface area contributed by atoms with Crippen LogP contribution >= 0.6 is 0 Å². The SMILES string of the molecule is C#CCC(CC)N1CC(=O)NCC1=O. The van der Waals surface area contributed by atoms with E-state index in [1.54, 1.807) is 4.90 Å². The van der Waals surface area contributed by atoms with Gasteiger partial charge < -0.3 is 10.2 Å². The summed E-state index contributed by atoms with van der Waals surface area (Å²) in [6, 6.07) is -0.00134. The third-order valence-electron chi connectivity index (χ3n) is 2.34. The second kappa shape index (κ2) is 4.66. The van der Waals surface area contributed by atoms with E-state index in [0.29, 0.717) is 6.42 Å². The van der Waals surface area contributed by atoms with Crippen molar-refractivity contribution in [3.05, 3.63) is 0 Å². The number of amides is 2. The molecule has 0 saturated carbocycles. The molecule has 1 N–H and O–H groups in total. The summed E-state index contributed by atoms with van der Waals surface area (Å²) in [7, 11) is 0. The summed E-state index contributed by atoms with van der Waals surface area (Å²) in [5.74, 6) is 2.37. The van der Waals surface area contributed by atoms with Gasteiger partial charge in [-0.25, -0.2) is 0 Å². The molecule has 0 spiro atoms. The van der Waals surface area contributed by atoms with Crippen LogP contribution < -0.4 is 5.32 Å². The third kappa shape index (κ3) is 2.25. The Morgan fingerprint density at radius 3 is 2.93 bits per heavy atom. The van der Waals surface area contributed by atoms with Gasteiger partial charge in [-0.05, 0) is 6.42 Å². The van der Waals surface area contributed by atoms with Crippen molar-refractivity contribution in [1.82, 2.24) is 10.2 Å². The van der Waals surface area contributed by atoms with E-state index in [1.165, 1.54) is 0 Å². The van der Waals surface area contributed by atoms with E-state index in [4.69, 9.17) is 6.42 Å². The number of nitrogens with one attached hydrogen (secondary N) is 1. The van der Waals surface area contributed by atoms with Crippen LogP contribution in [0.25, 0.3) is 0 Å². The minimum atomic E-state index is -0.111. The fourth-order valence-corrected chi connectivity index (χ4v) is 1.52. The minimum Gasteiger partial charge on any atom is -0.345 e. The molecule has 0 aromatic rings. The highest BCUT2D eigenvalue weighted by Crippen LogP contribution is 2.10. The van der Waals surface area contributed by atoms with Crippen LogP contribution in [0.3, 0.4) is 0 Å². The van der Waals surface area contributed by atoms with Crippen LogP contribution in [-0.4, -0.2) is 35.8 Å². The van der Waals surface area contributed by atoms with Gasteiger partial charge in [0.05, 0.1) is 13.1 Å². The summed E-state index contributed by atoms with van der Waals surface area (Å²) in [6.07, 6.45) is 6.49. The number of piperazine rings is 1. The van der Waals surface area contributed by atoms with Gasteiger partial charge in [-0.2, -0.15) is 0 Å². The fraction of sp³-hybridized carbons (Fsp3) is 0.600. The van der Waals surface area contributed by atoms with Crippen molar-refractivity contribution in [2.24, 2.45) is 0 Å². The molecule has 76 valence electrons. The first-order valence-electron chi connectivity index (χ1n) is 4.68. The lowest BCUT2D eigenvalue weighted by Crippen LogP contribution is -2.55. The fourth-order valence-electron chi connectivity index (χ4n) is 1.52. The zero-order chi connectivity index (χ0) is 10.6. The number of hydrogen-bond donors (Lipinski definition) is 1. The van der Waals surface area contributed by atoms with Crippen molar-refractivity contribution in [2.75, 3.05) is 13.1 Å². The van der Waals surface area contributed by atoms with Gasteiger partial charge in [0.1, 0.15) is 0 Å². The molecule has 0 aromatic carbocycles. The molecule has 1 aliphatic heterocycles. The molecule has 1 atom stereocenters. The van der Waals surface area contributed by atoms with Gasteiger partial charge in [-0.1, -0.05) is 6.92 Å². The average molecular weight is 194 g/mol. The van der Waals surface area contributed by atoms with E-state index in [1.807, 2.05) is 6.92 Å². The smallest absolute Gasteiger partial charge is 0.242 e. The van der Waals surface area contributed by atoms with Crippen molar-refractivity contribution < 1.29 is 9.59 Å². The van der Waals surface area contributed by atoms with Crippen LogP contribution in [0.2, 0.25) is 0 Å². The van der Waals surface area contributed by atoms with E-state index in [0.717, 1.165) is 6.42 Å². The molecule has 1 heterocycles. The summed E-state index contributed by atoms with van der Waals surface area (Å²) in [5.41, 5.74) is 0. The van der Waals surface area contributed by atoms with E-state index >= 15 is 0 Å². The first kappa shape index (κ1) is 10.6. The Morgan fingerprint density at radius 1 is 1.64 bits per heavy atom. The number of rotatable bonds is 3. The lowest BCUT2D eigenvalue weighted by atomic mass is 10.1. The monoisotopic (exact) mass is 194 g/mol. The predicted octanol–water partition coefficient (Wildman–Crippen LogP) is -0.253. The summed E-state index contributed by atoms with van der Waals surface area (Å²) in [6.45, 7) is 2.20. The number of terminal acetylenes is 1. The zero-order valence-electron chi connectivity index (χ0n) is 8.25. The molecule has 0 radical (unpaired) electrons. The molecule has 0 aromatic heterocycles. The topological polar surface area (TPSA) is 49.4 Å². The Hall–Kier alpha value is -1.50. The molecule has 2 amide bonds. The van der Waals surface area contributed by atoms with Crippen LogP contribution in [0.15, 0.2) is 0 Å². The molecule has 1 rings (SSSR count). The van der Waals surface area contributed by atoms with Gasteiger partial charge in [0.2, 0.25) is 11.8 Å². The molecular formula is C10H14N2O2. The standard InChI is InChI=1S/C10H14N2O2/c1-3-5-8(4-2)12-7-9(13)11-6-10(12)14/h1,8H,4-7H2,2H3,(H,11,13). The second-order valence-corrected chi connectivity index (χ2v) is 3.27. The van der Waals surface area contributed by atoms with Crippen molar-refractivity contribution >= 4 is 11.8 Å². The average Bonchev–Trinajstić information content (AvgIpc) is 2.18. The van der Waals surface area contributed by atoms with Crippen molar-refractivity contribution in [2.45, 2.75) is 25.8 Å². The number of carbonyl (C=O) groups excluding carboxylic acids is 2. The Balaban J connectivity index is 2.67. The molecule has 1 unspecified atom stereocenters. The van der Waals surface area contributed by atoms with Gasteiger partial charge in [0.15, 0.2) is 0 Å². The molecular weight excluding hydrogens is 180 g/mol. The highest BCUT2D eigenvalue weighted by atomic mass is 16.2. The molecule has 0 aliphatic carbocycles. The number of carbonyl (C=O) groups is 2. The van der Waals surface area contributed by atoms with Gasteiger partial charge >= 0.3 is 0 Å². The maximum atomic E-state index is 11.5. The van der Waals surface area contributed by atoms with Crippen LogP contribution in [-0.2, 0) is 9.59 Å². The quantitative estimate of drug-likeness (QED) is 0.630.